The van der Waals surface area contributed by atoms with E-state index >= 15 is 0 Å². The van der Waals surface area contributed by atoms with E-state index in [2.05, 4.69) is 0 Å². The summed E-state index contributed by atoms with van der Waals surface area (Å²) in [6.07, 6.45) is 2.86. The van der Waals surface area contributed by atoms with Gasteiger partial charge in [0.25, 0.3) is 0 Å². The molecule has 0 saturated carbocycles. The predicted octanol–water partition coefficient (Wildman–Crippen LogP) is 1.45. The van der Waals surface area contributed by atoms with Crippen LogP contribution in [0.15, 0.2) is 0 Å². The molecule has 0 rings (SSSR count). The SMILES string of the molecule is CCCCC(=O)OCC(C=O)CC#N. The van der Waals surface area contributed by atoms with Crippen LogP contribution in [0.2, 0.25) is 0 Å². The first kappa shape index (κ1) is 12.6. The first-order chi connectivity index (χ1) is 6.74. The Kier molecular flexibility index (Phi) is 7.43. The molecule has 4 heteroatoms. The van der Waals surface area contributed by atoms with Gasteiger partial charge < -0.3 is 9.53 Å². The topological polar surface area (TPSA) is 67.2 Å². The van der Waals surface area contributed by atoms with Crippen LogP contribution in [0.1, 0.15) is 32.6 Å². The Morgan fingerprint density at radius 3 is 2.86 bits per heavy atom. The molecule has 0 aromatic rings. The van der Waals surface area contributed by atoms with Crippen molar-refractivity contribution in [3.05, 3.63) is 0 Å². The maximum Gasteiger partial charge on any atom is 0.305 e. The molecule has 0 radical (unpaired) electrons. The molecule has 1 unspecified atom stereocenters. The average Bonchev–Trinajstić information content (AvgIpc) is 2.21. The summed E-state index contributed by atoms with van der Waals surface area (Å²) in [7, 11) is 0. The normalized spacial score (nSPS) is 11.4. The number of nitriles is 1. The largest absolute Gasteiger partial charge is 0.465 e. The zero-order valence-electron chi connectivity index (χ0n) is 8.36. The third-order valence-corrected chi connectivity index (χ3v) is 1.74. The van der Waals surface area contributed by atoms with Gasteiger partial charge in [-0.15, -0.1) is 0 Å². The molecule has 4 nitrogen and oxygen atoms in total. The Morgan fingerprint density at radius 2 is 2.36 bits per heavy atom. The van der Waals surface area contributed by atoms with Crippen molar-refractivity contribution < 1.29 is 14.3 Å². The van der Waals surface area contributed by atoms with Gasteiger partial charge in [0.15, 0.2) is 0 Å². The van der Waals surface area contributed by atoms with E-state index in [4.69, 9.17) is 10.00 Å². The standard InChI is InChI=1S/C10H15NO3/c1-2-3-4-10(13)14-8-9(7-12)5-6-11/h7,9H,2-5,8H2,1H3. The maximum atomic E-state index is 11.0. The summed E-state index contributed by atoms with van der Waals surface area (Å²) >= 11 is 0. The molecule has 1 atom stereocenters. The van der Waals surface area contributed by atoms with E-state index in [1.165, 1.54) is 0 Å². The Hall–Kier alpha value is -1.37. The average molecular weight is 197 g/mol. The molecule has 0 N–H and O–H groups in total. The third-order valence-electron chi connectivity index (χ3n) is 1.74. The maximum absolute atomic E-state index is 11.0. The van der Waals surface area contributed by atoms with Gasteiger partial charge >= 0.3 is 5.97 Å². The molecule has 0 spiro atoms. The van der Waals surface area contributed by atoms with Gasteiger partial charge in [-0.2, -0.15) is 5.26 Å². The van der Waals surface area contributed by atoms with Gasteiger partial charge in [0, 0.05) is 12.8 Å². The van der Waals surface area contributed by atoms with Gasteiger partial charge in [0.05, 0.1) is 12.0 Å². The molecular formula is C10H15NO3. The number of carbonyl (C=O) groups excluding carboxylic acids is 2. The molecule has 0 heterocycles. The number of esters is 1. The number of aldehydes is 1. The van der Waals surface area contributed by atoms with Gasteiger partial charge in [0.2, 0.25) is 0 Å². The second-order valence-corrected chi connectivity index (χ2v) is 3.04. The van der Waals surface area contributed by atoms with E-state index in [0.717, 1.165) is 12.8 Å². The van der Waals surface area contributed by atoms with E-state index in [1.54, 1.807) is 0 Å². The molecular weight excluding hydrogens is 182 g/mol. The van der Waals surface area contributed by atoms with Crippen molar-refractivity contribution in [1.82, 2.24) is 0 Å². The van der Waals surface area contributed by atoms with Crippen LogP contribution in [-0.2, 0) is 14.3 Å². The molecule has 78 valence electrons. The lowest BCUT2D eigenvalue weighted by atomic mass is 10.1. The number of unbranched alkanes of at least 4 members (excludes halogenated alkanes) is 1. The Balaban J connectivity index is 3.63. The van der Waals surface area contributed by atoms with Crippen LogP contribution < -0.4 is 0 Å². The first-order valence-electron chi connectivity index (χ1n) is 4.72. The monoisotopic (exact) mass is 197 g/mol. The van der Waals surface area contributed by atoms with Crippen LogP contribution in [0.4, 0.5) is 0 Å². The number of carbonyl (C=O) groups is 2. The molecule has 0 aliphatic carbocycles. The van der Waals surface area contributed by atoms with Crippen LogP contribution in [0.25, 0.3) is 0 Å². The smallest absolute Gasteiger partial charge is 0.305 e. The summed E-state index contributed by atoms with van der Waals surface area (Å²) in [5, 5.41) is 8.33. The minimum absolute atomic E-state index is 0.0274. The Labute approximate surface area is 83.9 Å². The zero-order chi connectivity index (χ0) is 10.8. The van der Waals surface area contributed by atoms with Crippen LogP contribution in [0, 0.1) is 17.2 Å². The highest BCUT2D eigenvalue weighted by Crippen LogP contribution is 2.02. The molecule has 0 bridgehead atoms. The molecule has 0 aromatic heterocycles. The summed E-state index contributed by atoms with van der Waals surface area (Å²) in [5.74, 6) is -0.776. The van der Waals surface area contributed by atoms with Gasteiger partial charge in [-0.05, 0) is 6.42 Å². The van der Waals surface area contributed by atoms with Crippen molar-refractivity contribution in [1.29, 1.82) is 5.26 Å². The summed E-state index contributed by atoms with van der Waals surface area (Å²) in [6.45, 7) is 2.01. The number of hydrogen-bond donors (Lipinski definition) is 0. The summed E-state index contributed by atoms with van der Waals surface area (Å²) < 4.78 is 4.83. The van der Waals surface area contributed by atoms with Crippen molar-refractivity contribution in [2.45, 2.75) is 32.6 Å². The van der Waals surface area contributed by atoms with E-state index in [1.807, 2.05) is 13.0 Å². The fourth-order valence-corrected chi connectivity index (χ4v) is 0.857. The van der Waals surface area contributed by atoms with E-state index in [0.29, 0.717) is 12.7 Å². The van der Waals surface area contributed by atoms with E-state index in [-0.39, 0.29) is 19.0 Å². The van der Waals surface area contributed by atoms with E-state index in [9.17, 15) is 9.59 Å². The lowest BCUT2D eigenvalue weighted by Gasteiger charge is -2.07. The quantitative estimate of drug-likeness (QED) is 0.457. The Morgan fingerprint density at radius 1 is 1.64 bits per heavy atom. The first-order valence-corrected chi connectivity index (χ1v) is 4.72. The number of hydrogen-bond acceptors (Lipinski definition) is 4. The molecule has 0 aliphatic rings. The summed E-state index contributed by atoms with van der Waals surface area (Å²) in [4.78, 5) is 21.4. The minimum atomic E-state index is -0.481. The van der Waals surface area contributed by atoms with Crippen LogP contribution in [-0.4, -0.2) is 18.9 Å². The lowest BCUT2D eigenvalue weighted by Crippen LogP contribution is -2.14. The summed E-state index contributed by atoms with van der Waals surface area (Å²) in [6, 6.07) is 1.86. The van der Waals surface area contributed by atoms with E-state index < -0.39 is 5.92 Å². The number of nitrogens with zero attached hydrogens (tertiary/aromatic N) is 1. The molecule has 0 aliphatic heterocycles. The number of rotatable bonds is 7. The van der Waals surface area contributed by atoms with Crippen molar-refractivity contribution in [3.63, 3.8) is 0 Å². The van der Waals surface area contributed by atoms with Crippen molar-refractivity contribution >= 4 is 12.3 Å². The number of ether oxygens (including phenoxy) is 1. The fraction of sp³-hybridized carbons (Fsp3) is 0.700. The molecule has 0 saturated heterocycles. The third kappa shape index (κ3) is 6.18. The van der Waals surface area contributed by atoms with Crippen LogP contribution >= 0.6 is 0 Å². The Bertz CT molecular complexity index is 220. The molecule has 0 fully saturated rings. The van der Waals surface area contributed by atoms with Crippen molar-refractivity contribution in [2.75, 3.05) is 6.61 Å². The van der Waals surface area contributed by atoms with Gasteiger partial charge in [-0.3, -0.25) is 4.79 Å². The minimum Gasteiger partial charge on any atom is -0.465 e. The highest BCUT2D eigenvalue weighted by Gasteiger charge is 2.10. The van der Waals surface area contributed by atoms with Crippen molar-refractivity contribution in [2.24, 2.45) is 5.92 Å². The van der Waals surface area contributed by atoms with Crippen LogP contribution in [0.3, 0.4) is 0 Å². The van der Waals surface area contributed by atoms with Crippen LogP contribution in [0.5, 0.6) is 0 Å². The second kappa shape index (κ2) is 8.24. The van der Waals surface area contributed by atoms with Gasteiger partial charge in [-0.1, -0.05) is 13.3 Å². The highest BCUT2D eigenvalue weighted by molar-refractivity contribution is 5.69. The molecule has 14 heavy (non-hydrogen) atoms. The lowest BCUT2D eigenvalue weighted by molar-refractivity contribution is -0.145. The predicted molar refractivity (Wildman–Crippen MR) is 50.3 cm³/mol. The highest BCUT2D eigenvalue weighted by atomic mass is 16.5. The molecule has 0 amide bonds. The zero-order valence-corrected chi connectivity index (χ0v) is 8.36. The second-order valence-electron chi connectivity index (χ2n) is 3.04. The molecule has 0 aromatic carbocycles. The van der Waals surface area contributed by atoms with Gasteiger partial charge in [-0.25, -0.2) is 0 Å². The summed E-state index contributed by atoms with van der Waals surface area (Å²) in [5.41, 5.74) is 0. The fourth-order valence-electron chi connectivity index (χ4n) is 0.857. The van der Waals surface area contributed by atoms with Gasteiger partial charge in [0.1, 0.15) is 12.9 Å². The van der Waals surface area contributed by atoms with Crippen molar-refractivity contribution in [3.8, 4) is 6.07 Å².